The maximum atomic E-state index is 4.59. The summed E-state index contributed by atoms with van der Waals surface area (Å²) in [6.45, 7) is 7.67. The van der Waals surface area contributed by atoms with Crippen molar-refractivity contribution in [2.45, 2.75) is 26.4 Å². The number of hydrogen-bond acceptors (Lipinski definition) is 3. The molecule has 1 fully saturated rings. The molecule has 124 valence electrons. The van der Waals surface area contributed by atoms with Crippen LogP contribution in [0.2, 0.25) is 0 Å². The second kappa shape index (κ2) is 7.28. The lowest BCUT2D eigenvalue weighted by Crippen LogP contribution is -2.27. The number of aromatic nitrogens is 2. The zero-order valence-corrected chi connectivity index (χ0v) is 14.6. The normalized spacial score (nSPS) is 18.9. The van der Waals surface area contributed by atoms with Gasteiger partial charge in [-0.3, -0.25) is 4.68 Å². The van der Waals surface area contributed by atoms with Gasteiger partial charge in [-0.05, 0) is 45.5 Å². The molecule has 23 heavy (non-hydrogen) atoms. The Kier molecular flexibility index (Phi) is 5.13. The van der Waals surface area contributed by atoms with Crippen LogP contribution in [0.15, 0.2) is 36.5 Å². The summed E-state index contributed by atoms with van der Waals surface area (Å²) in [5.41, 5.74) is 3.92. The summed E-state index contributed by atoms with van der Waals surface area (Å²) in [6.07, 6.45) is 3.36. The maximum absolute atomic E-state index is 4.59. The van der Waals surface area contributed by atoms with E-state index in [4.69, 9.17) is 0 Å². The Balaban J connectivity index is 1.58. The Morgan fingerprint density at radius 2 is 2.04 bits per heavy atom. The summed E-state index contributed by atoms with van der Waals surface area (Å²) in [5.74, 6) is 0.810. The van der Waals surface area contributed by atoms with Crippen molar-refractivity contribution in [3.8, 4) is 0 Å². The predicted molar refractivity (Wildman–Crippen MR) is 94.4 cm³/mol. The number of rotatable bonds is 6. The molecule has 0 saturated carbocycles. The van der Waals surface area contributed by atoms with E-state index < -0.39 is 0 Å². The van der Waals surface area contributed by atoms with Gasteiger partial charge in [0.25, 0.3) is 0 Å². The average Bonchev–Trinajstić information content (AvgIpc) is 3.08. The van der Waals surface area contributed by atoms with Gasteiger partial charge in [-0.2, -0.15) is 5.10 Å². The highest BCUT2D eigenvalue weighted by molar-refractivity contribution is 5.20. The molecule has 1 saturated heterocycles. The highest BCUT2D eigenvalue weighted by atomic mass is 15.3. The van der Waals surface area contributed by atoms with Crippen LogP contribution in [-0.4, -0.2) is 53.3 Å². The van der Waals surface area contributed by atoms with Crippen molar-refractivity contribution in [2.24, 2.45) is 5.92 Å². The van der Waals surface area contributed by atoms with Gasteiger partial charge in [0.2, 0.25) is 0 Å². The van der Waals surface area contributed by atoms with E-state index in [0.29, 0.717) is 0 Å². The zero-order valence-electron chi connectivity index (χ0n) is 14.6. The molecule has 1 aliphatic rings. The van der Waals surface area contributed by atoms with Gasteiger partial charge < -0.3 is 9.80 Å². The minimum Gasteiger partial charge on any atom is -0.306 e. The quantitative estimate of drug-likeness (QED) is 0.819. The maximum Gasteiger partial charge on any atom is 0.0662 e. The standard InChI is InChI=1S/C19H28N4/c1-16-19(15-22(3)13-18-9-10-21(2)12-18)11-20-23(16)14-17-7-5-4-6-8-17/h4-8,11,18H,9-10,12-15H2,1-3H3/t18-/m0/s1. The highest BCUT2D eigenvalue weighted by Gasteiger charge is 2.21. The second-order valence-corrected chi connectivity index (χ2v) is 7.01. The summed E-state index contributed by atoms with van der Waals surface area (Å²) >= 11 is 0. The fraction of sp³-hybridized carbons (Fsp3) is 0.526. The van der Waals surface area contributed by atoms with Crippen LogP contribution in [-0.2, 0) is 13.1 Å². The van der Waals surface area contributed by atoms with Crippen molar-refractivity contribution in [1.29, 1.82) is 0 Å². The molecule has 2 heterocycles. The molecule has 1 atom stereocenters. The number of likely N-dealkylation sites (tertiary alicyclic amines) is 1. The molecule has 0 N–H and O–H groups in total. The lowest BCUT2D eigenvalue weighted by Gasteiger charge is -2.20. The molecule has 0 aliphatic carbocycles. The Bertz CT molecular complexity index is 620. The first-order chi connectivity index (χ1) is 11.1. The Morgan fingerprint density at radius 3 is 2.74 bits per heavy atom. The number of hydrogen-bond donors (Lipinski definition) is 0. The lowest BCUT2D eigenvalue weighted by atomic mass is 10.1. The van der Waals surface area contributed by atoms with Gasteiger partial charge in [0.15, 0.2) is 0 Å². The molecule has 1 aliphatic heterocycles. The van der Waals surface area contributed by atoms with Crippen LogP contribution in [0.3, 0.4) is 0 Å². The van der Waals surface area contributed by atoms with E-state index in [0.717, 1.165) is 19.0 Å². The van der Waals surface area contributed by atoms with Crippen LogP contribution in [0.25, 0.3) is 0 Å². The number of benzene rings is 1. The van der Waals surface area contributed by atoms with Crippen molar-refractivity contribution in [3.63, 3.8) is 0 Å². The molecule has 0 radical (unpaired) electrons. The van der Waals surface area contributed by atoms with Crippen LogP contribution in [0, 0.1) is 12.8 Å². The van der Waals surface area contributed by atoms with Gasteiger partial charge in [-0.25, -0.2) is 0 Å². The van der Waals surface area contributed by atoms with Crippen molar-refractivity contribution < 1.29 is 0 Å². The second-order valence-electron chi connectivity index (χ2n) is 7.01. The first kappa shape index (κ1) is 16.2. The lowest BCUT2D eigenvalue weighted by molar-refractivity contribution is 0.266. The third-order valence-electron chi connectivity index (χ3n) is 4.88. The molecule has 2 aromatic rings. The Labute approximate surface area is 139 Å². The van der Waals surface area contributed by atoms with Gasteiger partial charge in [0.05, 0.1) is 12.7 Å². The van der Waals surface area contributed by atoms with E-state index in [9.17, 15) is 0 Å². The molecular formula is C19H28N4. The Hall–Kier alpha value is -1.65. The molecule has 0 spiro atoms. The van der Waals surface area contributed by atoms with Gasteiger partial charge in [-0.15, -0.1) is 0 Å². The van der Waals surface area contributed by atoms with E-state index in [1.54, 1.807) is 0 Å². The summed E-state index contributed by atoms with van der Waals surface area (Å²) < 4.78 is 2.11. The van der Waals surface area contributed by atoms with Gasteiger partial charge in [0, 0.05) is 30.9 Å². The largest absolute Gasteiger partial charge is 0.306 e. The molecule has 3 rings (SSSR count). The highest BCUT2D eigenvalue weighted by Crippen LogP contribution is 2.17. The van der Waals surface area contributed by atoms with Crippen molar-refractivity contribution >= 4 is 0 Å². The summed E-state index contributed by atoms with van der Waals surface area (Å²) in [4.78, 5) is 4.88. The third kappa shape index (κ3) is 4.21. The molecule has 1 aromatic carbocycles. The molecule has 0 unspecified atom stereocenters. The Morgan fingerprint density at radius 1 is 1.26 bits per heavy atom. The van der Waals surface area contributed by atoms with E-state index in [1.807, 2.05) is 6.20 Å². The van der Waals surface area contributed by atoms with E-state index >= 15 is 0 Å². The molecule has 4 heteroatoms. The third-order valence-corrected chi connectivity index (χ3v) is 4.88. The smallest absolute Gasteiger partial charge is 0.0662 e. The monoisotopic (exact) mass is 312 g/mol. The summed E-state index contributed by atoms with van der Waals surface area (Å²) in [7, 11) is 4.45. The van der Waals surface area contributed by atoms with Crippen molar-refractivity contribution in [3.05, 3.63) is 53.3 Å². The molecular weight excluding hydrogens is 284 g/mol. The van der Waals surface area contributed by atoms with Crippen molar-refractivity contribution in [2.75, 3.05) is 33.7 Å². The topological polar surface area (TPSA) is 24.3 Å². The number of nitrogens with zero attached hydrogens (tertiary/aromatic N) is 4. The minimum atomic E-state index is 0.810. The van der Waals surface area contributed by atoms with Crippen LogP contribution in [0.5, 0.6) is 0 Å². The van der Waals surface area contributed by atoms with Crippen LogP contribution in [0.1, 0.15) is 23.2 Å². The zero-order chi connectivity index (χ0) is 16.2. The van der Waals surface area contributed by atoms with E-state index in [-0.39, 0.29) is 0 Å². The van der Waals surface area contributed by atoms with Crippen LogP contribution in [0.4, 0.5) is 0 Å². The van der Waals surface area contributed by atoms with Crippen LogP contribution < -0.4 is 0 Å². The fourth-order valence-corrected chi connectivity index (χ4v) is 3.53. The van der Waals surface area contributed by atoms with Gasteiger partial charge in [0.1, 0.15) is 0 Å². The van der Waals surface area contributed by atoms with E-state index in [1.165, 1.54) is 42.9 Å². The van der Waals surface area contributed by atoms with E-state index in [2.05, 4.69) is 70.9 Å². The summed E-state index contributed by atoms with van der Waals surface area (Å²) in [6, 6.07) is 10.5. The minimum absolute atomic E-state index is 0.810. The van der Waals surface area contributed by atoms with Crippen molar-refractivity contribution in [1.82, 2.24) is 19.6 Å². The molecule has 0 bridgehead atoms. The van der Waals surface area contributed by atoms with Gasteiger partial charge in [-0.1, -0.05) is 30.3 Å². The molecule has 0 amide bonds. The predicted octanol–water partition coefficient (Wildman–Crippen LogP) is 2.62. The van der Waals surface area contributed by atoms with Gasteiger partial charge >= 0.3 is 0 Å². The average molecular weight is 312 g/mol. The SMILES string of the molecule is Cc1c(CN(C)C[C@H]2CCN(C)C2)cnn1Cc1ccccc1. The first-order valence-electron chi connectivity index (χ1n) is 8.54. The van der Waals surface area contributed by atoms with Crippen LogP contribution >= 0.6 is 0 Å². The molecule has 1 aromatic heterocycles. The molecule has 4 nitrogen and oxygen atoms in total. The first-order valence-corrected chi connectivity index (χ1v) is 8.54. The summed E-state index contributed by atoms with van der Waals surface area (Å²) in [5, 5.41) is 4.59. The fourth-order valence-electron chi connectivity index (χ4n) is 3.53.